The molecule has 2 fully saturated rings. The van der Waals surface area contributed by atoms with Gasteiger partial charge in [0.1, 0.15) is 11.6 Å². The zero-order valence-corrected chi connectivity index (χ0v) is 14.0. The van der Waals surface area contributed by atoms with E-state index in [1.165, 1.54) is 6.07 Å². The van der Waals surface area contributed by atoms with E-state index >= 15 is 0 Å². The molecule has 8 heteroatoms. The number of sulfone groups is 1. The number of rotatable bonds is 5. The first kappa shape index (κ1) is 16.7. The predicted octanol–water partition coefficient (Wildman–Crippen LogP) is 2.23. The molecule has 126 valence electrons. The van der Waals surface area contributed by atoms with Crippen LogP contribution < -0.4 is 0 Å². The van der Waals surface area contributed by atoms with Crippen LogP contribution in [0.4, 0.5) is 8.78 Å². The lowest BCUT2D eigenvalue weighted by Gasteiger charge is -2.28. The monoisotopic (exact) mass is 361 g/mol. The number of hydrogen-bond donors (Lipinski definition) is 0. The Hall–Kier alpha value is -1.15. The van der Waals surface area contributed by atoms with Gasteiger partial charge < -0.3 is 4.90 Å². The summed E-state index contributed by atoms with van der Waals surface area (Å²) >= 11 is 1.01. The standard InChI is InChI=1S/C15H17F2NO3S2/c16-10-1-4-14(13(17)7-10)22-8-15(19)18(11-2-3-11)12-5-6-23(20,21)9-12/h1,4,7,11-12H,2-3,5-6,8-9H2. The molecule has 1 heterocycles. The van der Waals surface area contributed by atoms with E-state index in [-0.39, 0.29) is 40.1 Å². The van der Waals surface area contributed by atoms with Gasteiger partial charge in [0.05, 0.1) is 17.3 Å². The highest BCUT2D eigenvalue weighted by Gasteiger charge is 2.41. The van der Waals surface area contributed by atoms with E-state index < -0.39 is 21.5 Å². The number of carbonyl (C=O) groups is 1. The lowest BCUT2D eigenvalue weighted by atomic mass is 10.2. The number of carbonyl (C=O) groups excluding carboxylic acids is 1. The van der Waals surface area contributed by atoms with Gasteiger partial charge in [-0.2, -0.15) is 0 Å². The molecule has 1 aromatic rings. The molecule has 0 bridgehead atoms. The quantitative estimate of drug-likeness (QED) is 0.755. The summed E-state index contributed by atoms with van der Waals surface area (Å²) < 4.78 is 49.8. The van der Waals surface area contributed by atoms with E-state index in [1.807, 2.05) is 0 Å². The molecule has 1 amide bonds. The molecule has 23 heavy (non-hydrogen) atoms. The second-order valence-corrected chi connectivity index (χ2v) is 9.20. The van der Waals surface area contributed by atoms with E-state index in [2.05, 4.69) is 0 Å². The third-order valence-electron chi connectivity index (χ3n) is 4.08. The highest BCUT2D eigenvalue weighted by molar-refractivity contribution is 8.00. The number of amides is 1. The highest BCUT2D eigenvalue weighted by Crippen LogP contribution is 2.33. The van der Waals surface area contributed by atoms with Crippen LogP contribution >= 0.6 is 11.8 Å². The second kappa shape index (κ2) is 6.39. The molecular weight excluding hydrogens is 344 g/mol. The van der Waals surface area contributed by atoms with Crippen molar-refractivity contribution < 1.29 is 22.0 Å². The highest BCUT2D eigenvalue weighted by atomic mass is 32.2. The number of nitrogens with zero attached hydrogens (tertiary/aromatic N) is 1. The SMILES string of the molecule is O=C(CSc1ccc(F)cc1F)N(C1CC1)C1CCS(=O)(=O)C1. The Bertz CT molecular complexity index is 719. The van der Waals surface area contributed by atoms with Crippen LogP contribution in [0.5, 0.6) is 0 Å². The number of halogens is 2. The van der Waals surface area contributed by atoms with Crippen molar-refractivity contribution in [1.29, 1.82) is 0 Å². The molecule has 1 atom stereocenters. The second-order valence-electron chi connectivity index (χ2n) is 5.95. The summed E-state index contributed by atoms with van der Waals surface area (Å²) in [6.07, 6.45) is 2.25. The van der Waals surface area contributed by atoms with Crippen LogP contribution in [0.15, 0.2) is 23.1 Å². The predicted molar refractivity (Wildman–Crippen MR) is 84.0 cm³/mol. The lowest BCUT2D eigenvalue weighted by Crippen LogP contribution is -2.43. The summed E-state index contributed by atoms with van der Waals surface area (Å²) in [6.45, 7) is 0. The minimum Gasteiger partial charge on any atom is -0.335 e. The van der Waals surface area contributed by atoms with E-state index in [0.717, 1.165) is 36.7 Å². The van der Waals surface area contributed by atoms with Crippen LogP contribution in [0.2, 0.25) is 0 Å². The van der Waals surface area contributed by atoms with Gasteiger partial charge in [0.2, 0.25) is 5.91 Å². The van der Waals surface area contributed by atoms with Crippen molar-refractivity contribution in [1.82, 2.24) is 4.90 Å². The summed E-state index contributed by atoms with van der Waals surface area (Å²) in [5, 5.41) is 0. The number of benzene rings is 1. The maximum Gasteiger partial charge on any atom is 0.233 e. The summed E-state index contributed by atoms with van der Waals surface area (Å²) in [6, 6.07) is 3.09. The summed E-state index contributed by atoms with van der Waals surface area (Å²) in [7, 11) is -3.06. The third-order valence-corrected chi connectivity index (χ3v) is 6.86. The van der Waals surface area contributed by atoms with E-state index in [9.17, 15) is 22.0 Å². The van der Waals surface area contributed by atoms with Gasteiger partial charge in [0.15, 0.2) is 9.84 Å². The molecule has 2 aliphatic rings. The topological polar surface area (TPSA) is 54.5 Å². The Labute approximate surface area is 138 Å². The molecule has 3 rings (SSSR count). The van der Waals surface area contributed by atoms with Crippen LogP contribution in [0.3, 0.4) is 0 Å². The van der Waals surface area contributed by atoms with Crippen molar-refractivity contribution in [3.05, 3.63) is 29.8 Å². The zero-order chi connectivity index (χ0) is 16.6. The van der Waals surface area contributed by atoms with Gasteiger partial charge in [-0.15, -0.1) is 11.8 Å². The molecule has 4 nitrogen and oxygen atoms in total. The van der Waals surface area contributed by atoms with Crippen molar-refractivity contribution in [3.63, 3.8) is 0 Å². The maximum absolute atomic E-state index is 13.6. The van der Waals surface area contributed by atoms with E-state index in [1.54, 1.807) is 4.90 Å². The van der Waals surface area contributed by atoms with Crippen molar-refractivity contribution in [2.24, 2.45) is 0 Å². The third kappa shape index (κ3) is 4.03. The van der Waals surface area contributed by atoms with Gasteiger partial charge in [0, 0.05) is 23.0 Å². The molecule has 1 unspecified atom stereocenters. The summed E-state index contributed by atoms with van der Waals surface area (Å²) in [4.78, 5) is 14.4. The molecule has 1 aliphatic heterocycles. The Balaban J connectivity index is 1.65. The molecular formula is C15H17F2NO3S2. The molecule has 0 spiro atoms. The van der Waals surface area contributed by atoms with Gasteiger partial charge >= 0.3 is 0 Å². The molecule has 1 aromatic carbocycles. The van der Waals surface area contributed by atoms with Gasteiger partial charge in [-0.3, -0.25) is 4.79 Å². The first-order valence-corrected chi connectivity index (χ1v) is 10.3. The number of hydrogen-bond acceptors (Lipinski definition) is 4. The first-order valence-electron chi connectivity index (χ1n) is 7.45. The molecule has 1 saturated heterocycles. The summed E-state index contributed by atoms with van der Waals surface area (Å²) in [5.74, 6) is -1.37. The minimum absolute atomic E-state index is 0.0187. The largest absolute Gasteiger partial charge is 0.335 e. The van der Waals surface area contributed by atoms with Gasteiger partial charge in [0.25, 0.3) is 0 Å². The normalized spacial score (nSPS) is 23.0. The van der Waals surface area contributed by atoms with Crippen molar-refractivity contribution >= 4 is 27.5 Å². The molecule has 0 aromatic heterocycles. The molecule has 0 N–H and O–H groups in total. The first-order chi connectivity index (χ1) is 10.9. The van der Waals surface area contributed by atoms with Crippen LogP contribution in [0, 0.1) is 11.6 Å². The molecule has 1 saturated carbocycles. The van der Waals surface area contributed by atoms with Crippen LogP contribution in [-0.4, -0.2) is 48.6 Å². The van der Waals surface area contributed by atoms with Crippen molar-refractivity contribution in [2.45, 2.75) is 36.2 Å². The average molecular weight is 361 g/mol. The molecule has 0 radical (unpaired) electrons. The van der Waals surface area contributed by atoms with Gasteiger partial charge in [-0.05, 0) is 31.4 Å². The van der Waals surface area contributed by atoms with E-state index in [4.69, 9.17) is 0 Å². The average Bonchev–Trinajstić information content (AvgIpc) is 3.22. The van der Waals surface area contributed by atoms with Crippen LogP contribution in [0.25, 0.3) is 0 Å². The van der Waals surface area contributed by atoms with Gasteiger partial charge in [-0.1, -0.05) is 0 Å². The smallest absolute Gasteiger partial charge is 0.233 e. The minimum atomic E-state index is -3.06. The zero-order valence-electron chi connectivity index (χ0n) is 12.4. The Morgan fingerprint density at radius 1 is 1.22 bits per heavy atom. The Morgan fingerprint density at radius 2 is 1.96 bits per heavy atom. The van der Waals surface area contributed by atoms with Gasteiger partial charge in [-0.25, -0.2) is 17.2 Å². The Morgan fingerprint density at radius 3 is 2.52 bits per heavy atom. The van der Waals surface area contributed by atoms with Crippen LogP contribution in [-0.2, 0) is 14.6 Å². The fraction of sp³-hybridized carbons (Fsp3) is 0.533. The van der Waals surface area contributed by atoms with Crippen molar-refractivity contribution in [3.8, 4) is 0 Å². The van der Waals surface area contributed by atoms with E-state index in [0.29, 0.717) is 6.42 Å². The molecule has 1 aliphatic carbocycles. The maximum atomic E-state index is 13.6. The van der Waals surface area contributed by atoms with Crippen molar-refractivity contribution in [2.75, 3.05) is 17.3 Å². The Kier molecular flexibility index (Phi) is 4.64. The fourth-order valence-corrected chi connectivity index (χ4v) is 5.36. The number of thioether (sulfide) groups is 1. The van der Waals surface area contributed by atoms with Crippen LogP contribution in [0.1, 0.15) is 19.3 Å². The lowest BCUT2D eigenvalue weighted by molar-refractivity contribution is -0.130. The summed E-state index contributed by atoms with van der Waals surface area (Å²) in [5.41, 5.74) is 0. The fourth-order valence-electron chi connectivity index (χ4n) is 2.86.